The summed E-state index contributed by atoms with van der Waals surface area (Å²) in [5.74, 6) is 0.509. The Bertz CT molecular complexity index is 932. The number of carbonyl (C=O) groups is 1. The first-order valence-electron chi connectivity index (χ1n) is 9.25. The highest BCUT2D eigenvalue weighted by Gasteiger charge is 2.25. The van der Waals surface area contributed by atoms with Gasteiger partial charge in [-0.2, -0.15) is 5.10 Å². The molecule has 0 spiro atoms. The molecule has 0 radical (unpaired) electrons. The molecule has 0 aromatic carbocycles. The van der Waals surface area contributed by atoms with E-state index in [9.17, 15) is 4.79 Å². The van der Waals surface area contributed by atoms with Gasteiger partial charge in [0.15, 0.2) is 0 Å². The predicted octanol–water partition coefficient (Wildman–Crippen LogP) is 4.32. The fourth-order valence-corrected chi connectivity index (χ4v) is 4.20. The number of rotatable bonds is 5. The van der Waals surface area contributed by atoms with Gasteiger partial charge in [0.1, 0.15) is 17.5 Å². The van der Waals surface area contributed by atoms with Crippen molar-refractivity contribution in [3.63, 3.8) is 0 Å². The van der Waals surface area contributed by atoms with Crippen LogP contribution in [0.2, 0.25) is 5.02 Å². The number of ether oxygens (including phenoxy) is 1. The van der Waals surface area contributed by atoms with Crippen LogP contribution in [0.3, 0.4) is 0 Å². The molecule has 0 unspecified atom stereocenters. The molecule has 6 nitrogen and oxygen atoms in total. The number of nitrogens with zero attached hydrogens (tertiary/aromatic N) is 3. The smallest absolute Gasteiger partial charge is 0.269 e. The molecule has 1 aliphatic rings. The number of halogens is 1. The van der Waals surface area contributed by atoms with Crippen molar-refractivity contribution < 1.29 is 9.53 Å². The van der Waals surface area contributed by atoms with Gasteiger partial charge in [-0.15, -0.1) is 11.3 Å². The fraction of sp³-hybridized carbons (Fsp3) is 0.350. The number of aryl methyl sites for hydroxylation is 1. The molecule has 1 N–H and O–H groups in total. The zero-order chi connectivity index (χ0) is 19.5. The summed E-state index contributed by atoms with van der Waals surface area (Å²) in [4.78, 5) is 17.9. The number of amides is 1. The van der Waals surface area contributed by atoms with Gasteiger partial charge in [0, 0.05) is 25.4 Å². The summed E-state index contributed by atoms with van der Waals surface area (Å²) in [6.07, 6.45) is 5.20. The second-order valence-electron chi connectivity index (χ2n) is 6.90. The Morgan fingerprint density at radius 3 is 2.79 bits per heavy atom. The number of carbonyl (C=O) groups excluding carboxylic acids is 1. The van der Waals surface area contributed by atoms with Gasteiger partial charge in [-0.3, -0.25) is 9.48 Å². The maximum absolute atomic E-state index is 12.7. The van der Waals surface area contributed by atoms with E-state index in [4.69, 9.17) is 16.3 Å². The van der Waals surface area contributed by atoms with Gasteiger partial charge < -0.3 is 10.1 Å². The highest BCUT2D eigenvalue weighted by molar-refractivity contribution is 7.13. The van der Waals surface area contributed by atoms with Gasteiger partial charge in [0.2, 0.25) is 5.88 Å². The number of pyridine rings is 1. The lowest BCUT2D eigenvalue weighted by molar-refractivity contribution is 0.0881. The maximum Gasteiger partial charge on any atom is 0.269 e. The topological polar surface area (TPSA) is 69.0 Å². The van der Waals surface area contributed by atoms with Crippen LogP contribution in [0.5, 0.6) is 5.88 Å². The number of aromatic nitrogens is 3. The Labute approximate surface area is 172 Å². The van der Waals surface area contributed by atoms with E-state index in [-0.39, 0.29) is 18.1 Å². The van der Waals surface area contributed by atoms with Crippen LogP contribution in [-0.2, 0) is 7.05 Å². The summed E-state index contributed by atoms with van der Waals surface area (Å²) < 4.78 is 7.56. The molecular weight excluding hydrogens is 396 g/mol. The molecule has 1 amide bonds. The second-order valence-corrected chi connectivity index (χ2v) is 8.28. The minimum Gasteiger partial charge on any atom is -0.474 e. The molecule has 0 bridgehead atoms. The Kier molecular flexibility index (Phi) is 5.64. The Morgan fingerprint density at radius 2 is 2.11 bits per heavy atom. The van der Waals surface area contributed by atoms with Crippen LogP contribution in [0.4, 0.5) is 0 Å². The number of nitrogens with one attached hydrogen (secondary N) is 1. The van der Waals surface area contributed by atoms with E-state index in [1.165, 1.54) is 0 Å². The van der Waals surface area contributed by atoms with Crippen LogP contribution in [0.15, 0.2) is 41.9 Å². The highest BCUT2D eigenvalue weighted by atomic mass is 35.5. The van der Waals surface area contributed by atoms with Crippen molar-refractivity contribution in [1.29, 1.82) is 0 Å². The number of thiophene rings is 1. The fourth-order valence-electron chi connectivity index (χ4n) is 3.41. The first-order valence-corrected chi connectivity index (χ1v) is 10.5. The van der Waals surface area contributed by atoms with Crippen molar-refractivity contribution in [3.05, 3.63) is 52.6 Å². The first-order chi connectivity index (χ1) is 13.6. The van der Waals surface area contributed by atoms with Crippen molar-refractivity contribution in [2.75, 3.05) is 0 Å². The van der Waals surface area contributed by atoms with Gasteiger partial charge in [-0.25, -0.2) is 4.98 Å². The molecule has 4 rings (SSSR count). The molecular formula is C20H21ClN4O2S. The molecule has 3 aromatic heterocycles. The third kappa shape index (κ3) is 4.36. The third-order valence-corrected chi connectivity index (χ3v) is 6.00. The summed E-state index contributed by atoms with van der Waals surface area (Å²) in [5, 5.41) is 10.2. The normalized spacial score (nSPS) is 19.4. The first kappa shape index (κ1) is 19.0. The van der Waals surface area contributed by atoms with E-state index < -0.39 is 0 Å². The molecule has 28 heavy (non-hydrogen) atoms. The molecule has 3 aromatic rings. The van der Waals surface area contributed by atoms with Crippen molar-refractivity contribution in [2.45, 2.75) is 37.8 Å². The maximum atomic E-state index is 12.7. The van der Waals surface area contributed by atoms with E-state index >= 15 is 0 Å². The van der Waals surface area contributed by atoms with Crippen LogP contribution < -0.4 is 10.1 Å². The van der Waals surface area contributed by atoms with Crippen LogP contribution in [0, 0.1) is 0 Å². The average molecular weight is 417 g/mol. The summed E-state index contributed by atoms with van der Waals surface area (Å²) in [7, 11) is 1.80. The lowest BCUT2D eigenvalue weighted by Crippen LogP contribution is -2.40. The SMILES string of the molecule is Cn1nc(-c2cccs2)cc1C(=O)NC1CCC(Oc2ccc(Cl)cn2)CC1. The van der Waals surface area contributed by atoms with E-state index in [1.807, 2.05) is 23.6 Å². The van der Waals surface area contributed by atoms with Crippen LogP contribution >= 0.6 is 22.9 Å². The second kappa shape index (κ2) is 8.32. The average Bonchev–Trinajstić information content (AvgIpc) is 3.35. The predicted molar refractivity (Wildman–Crippen MR) is 110 cm³/mol. The van der Waals surface area contributed by atoms with Crippen molar-refractivity contribution in [2.24, 2.45) is 7.05 Å². The highest BCUT2D eigenvalue weighted by Crippen LogP contribution is 2.25. The molecule has 0 aliphatic heterocycles. The molecule has 1 aliphatic carbocycles. The summed E-state index contributed by atoms with van der Waals surface area (Å²) >= 11 is 7.46. The third-order valence-electron chi connectivity index (χ3n) is 4.88. The van der Waals surface area contributed by atoms with Gasteiger partial charge in [0.05, 0.1) is 9.90 Å². The largest absolute Gasteiger partial charge is 0.474 e. The number of hydrogen-bond donors (Lipinski definition) is 1. The Hall–Kier alpha value is -2.38. The molecule has 1 saturated carbocycles. The minimum absolute atomic E-state index is 0.0819. The van der Waals surface area contributed by atoms with Gasteiger partial charge >= 0.3 is 0 Å². The summed E-state index contributed by atoms with van der Waals surface area (Å²) in [5.41, 5.74) is 1.40. The molecule has 3 heterocycles. The molecule has 1 fully saturated rings. The lowest BCUT2D eigenvalue weighted by Gasteiger charge is -2.29. The minimum atomic E-state index is -0.0819. The van der Waals surface area contributed by atoms with E-state index in [0.717, 1.165) is 36.3 Å². The van der Waals surface area contributed by atoms with Crippen molar-refractivity contribution >= 4 is 28.8 Å². The van der Waals surface area contributed by atoms with Gasteiger partial charge in [-0.05, 0) is 49.3 Å². The van der Waals surface area contributed by atoms with E-state index in [1.54, 1.807) is 41.4 Å². The van der Waals surface area contributed by atoms with Gasteiger partial charge in [-0.1, -0.05) is 17.7 Å². The lowest BCUT2D eigenvalue weighted by atomic mass is 9.93. The molecule has 0 atom stereocenters. The summed E-state index contributed by atoms with van der Waals surface area (Å²) in [6.45, 7) is 0. The monoisotopic (exact) mass is 416 g/mol. The zero-order valence-corrected chi connectivity index (χ0v) is 17.0. The van der Waals surface area contributed by atoms with E-state index in [0.29, 0.717) is 16.6 Å². The van der Waals surface area contributed by atoms with Crippen molar-refractivity contribution in [3.8, 4) is 16.5 Å². The standard InChI is InChI=1S/C20H21ClN4O2S/c1-25-17(11-16(24-25)18-3-2-10-28-18)20(26)23-14-5-7-15(8-6-14)27-19-9-4-13(21)12-22-19/h2-4,9-12,14-15H,5-8H2,1H3,(H,23,26). The van der Waals surface area contributed by atoms with Crippen LogP contribution in [0.25, 0.3) is 10.6 Å². The van der Waals surface area contributed by atoms with Crippen LogP contribution in [-0.4, -0.2) is 32.8 Å². The Balaban J connectivity index is 1.31. The molecule has 0 saturated heterocycles. The molecule has 146 valence electrons. The Morgan fingerprint density at radius 1 is 1.29 bits per heavy atom. The number of hydrogen-bond acceptors (Lipinski definition) is 5. The van der Waals surface area contributed by atoms with Gasteiger partial charge in [0.25, 0.3) is 5.91 Å². The van der Waals surface area contributed by atoms with Crippen LogP contribution in [0.1, 0.15) is 36.2 Å². The van der Waals surface area contributed by atoms with Crippen molar-refractivity contribution in [1.82, 2.24) is 20.1 Å². The zero-order valence-electron chi connectivity index (χ0n) is 15.5. The van der Waals surface area contributed by atoms with E-state index in [2.05, 4.69) is 15.4 Å². The summed E-state index contributed by atoms with van der Waals surface area (Å²) in [6, 6.07) is 9.53. The quantitative estimate of drug-likeness (QED) is 0.672. The molecule has 8 heteroatoms.